The van der Waals surface area contributed by atoms with Crippen LogP contribution in [0, 0.1) is 0 Å². The van der Waals surface area contributed by atoms with E-state index in [1.807, 2.05) is 60.7 Å². The summed E-state index contributed by atoms with van der Waals surface area (Å²) in [5.41, 5.74) is 2.78. The van der Waals surface area contributed by atoms with Crippen molar-refractivity contribution in [1.82, 2.24) is 0 Å². The van der Waals surface area contributed by atoms with Gasteiger partial charge in [0, 0.05) is 6.26 Å². The summed E-state index contributed by atoms with van der Waals surface area (Å²) in [4.78, 5) is 12.7. The number of carbonyl (C=O) groups excluding carboxylic acids is 1. The molecule has 0 saturated heterocycles. The van der Waals surface area contributed by atoms with Gasteiger partial charge in [0.2, 0.25) is 0 Å². The highest BCUT2D eigenvalue weighted by atomic mass is 32.2. The summed E-state index contributed by atoms with van der Waals surface area (Å²) >= 11 is 0. The third-order valence-corrected chi connectivity index (χ3v) is 4.91. The summed E-state index contributed by atoms with van der Waals surface area (Å²) in [6, 6.07) is 25.6. The lowest BCUT2D eigenvalue weighted by Gasteiger charge is -2.19. The number of hydrogen-bond acceptors (Lipinski definition) is 4. The molecule has 3 rings (SSSR count). The van der Waals surface area contributed by atoms with E-state index in [4.69, 9.17) is 4.74 Å². The topological polar surface area (TPSA) is 60.4 Å². The zero-order chi connectivity index (χ0) is 19.3. The zero-order valence-electron chi connectivity index (χ0n) is 14.9. The third kappa shape index (κ3) is 5.28. The molecule has 0 bridgehead atoms. The molecule has 5 heteroatoms. The summed E-state index contributed by atoms with van der Waals surface area (Å²) in [6.45, 7) is 0. The molecule has 3 aromatic carbocycles. The molecule has 0 atom stereocenters. The van der Waals surface area contributed by atoms with Gasteiger partial charge in [-0.05, 0) is 28.8 Å². The number of esters is 1. The Labute approximate surface area is 159 Å². The van der Waals surface area contributed by atoms with Crippen molar-refractivity contribution in [3.05, 3.63) is 107 Å². The lowest BCUT2D eigenvalue weighted by atomic mass is 10.0. The summed E-state index contributed by atoms with van der Waals surface area (Å²) < 4.78 is 28.6. The average Bonchev–Trinajstić information content (AvgIpc) is 2.66. The zero-order valence-corrected chi connectivity index (χ0v) is 15.7. The first-order valence-corrected chi connectivity index (χ1v) is 10.6. The van der Waals surface area contributed by atoms with Crippen LogP contribution in [0.15, 0.2) is 84.9 Å². The molecule has 0 amide bonds. The van der Waals surface area contributed by atoms with E-state index in [9.17, 15) is 13.2 Å². The Bertz CT molecular complexity index is 956. The highest BCUT2D eigenvalue weighted by molar-refractivity contribution is 7.89. The van der Waals surface area contributed by atoms with Gasteiger partial charge in [0.15, 0.2) is 15.9 Å². The van der Waals surface area contributed by atoms with Gasteiger partial charge in [-0.15, -0.1) is 0 Å². The third-order valence-electron chi connectivity index (χ3n) is 4.05. The van der Waals surface area contributed by atoms with Crippen LogP contribution in [0.5, 0.6) is 0 Å². The van der Waals surface area contributed by atoms with E-state index < -0.39 is 21.9 Å². The van der Waals surface area contributed by atoms with Gasteiger partial charge in [-0.1, -0.05) is 72.8 Å². The quantitative estimate of drug-likeness (QED) is 0.602. The van der Waals surface area contributed by atoms with Crippen LogP contribution in [0.3, 0.4) is 0 Å². The lowest BCUT2D eigenvalue weighted by Crippen LogP contribution is -2.13. The number of ether oxygens (including phenoxy) is 1. The molecule has 27 heavy (non-hydrogen) atoms. The van der Waals surface area contributed by atoms with Gasteiger partial charge >= 0.3 is 5.97 Å². The fourth-order valence-electron chi connectivity index (χ4n) is 2.80. The average molecular weight is 380 g/mol. The van der Waals surface area contributed by atoms with Crippen molar-refractivity contribution in [2.75, 3.05) is 6.26 Å². The maximum Gasteiger partial charge on any atom is 0.339 e. The van der Waals surface area contributed by atoms with Crippen molar-refractivity contribution >= 4 is 15.8 Å². The first-order valence-electron chi connectivity index (χ1n) is 8.50. The number of benzene rings is 3. The van der Waals surface area contributed by atoms with Crippen molar-refractivity contribution in [2.45, 2.75) is 11.9 Å². The molecule has 0 spiro atoms. The first-order chi connectivity index (χ1) is 12.9. The van der Waals surface area contributed by atoms with Gasteiger partial charge in [0.25, 0.3) is 0 Å². The van der Waals surface area contributed by atoms with Crippen LogP contribution in [-0.2, 0) is 20.3 Å². The molecule has 0 aliphatic heterocycles. The number of sulfone groups is 1. The SMILES string of the molecule is CS(=O)(=O)Cc1ccc(C(=O)OC(c2ccccc2)c2ccccc2)cc1. The molecular formula is C22H20O4S. The molecule has 0 fully saturated rings. The largest absolute Gasteiger partial charge is 0.449 e. The second-order valence-corrected chi connectivity index (χ2v) is 8.51. The fraction of sp³-hybridized carbons (Fsp3) is 0.136. The van der Waals surface area contributed by atoms with Crippen LogP contribution in [0.1, 0.15) is 33.2 Å². The van der Waals surface area contributed by atoms with E-state index in [0.717, 1.165) is 11.1 Å². The Kier molecular flexibility index (Phi) is 5.72. The van der Waals surface area contributed by atoms with E-state index >= 15 is 0 Å². The predicted molar refractivity (Wildman–Crippen MR) is 105 cm³/mol. The minimum atomic E-state index is -3.12. The number of rotatable bonds is 6. The van der Waals surface area contributed by atoms with Crippen molar-refractivity contribution in [3.63, 3.8) is 0 Å². The van der Waals surface area contributed by atoms with Gasteiger partial charge in [-0.25, -0.2) is 13.2 Å². The Morgan fingerprint density at radius 3 is 1.74 bits per heavy atom. The summed E-state index contributed by atoms with van der Waals surface area (Å²) in [6.07, 6.45) is 0.662. The molecule has 0 aliphatic rings. The van der Waals surface area contributed by atoms with Crippen molar-refractivity contribution in [2.24, 2.45) is 0 Å². The molecule has 3 aromatic rings. The lowest BCUT2D eigenvalue weighted by molar-refractivity contribution is 0.0378. The van der Waals surface area contributed by atoms with Crippen LogP contribution in [0.4, 0.5) is 0 Å². The molecule has 0 saturated carbocycles. The normalized spacial score (nSPS) is 11.3. The molecule has 0 N–H and O–H groups in total. The summed E-state index contributed by atoms with van der Waals surface area (Å²) in [7, 11) is -3.12. The van der Waals surface area contributed by atoms with Crippen molar-refractivity contribution in [3.8, 4) is 0 Å². The monoisotopic (exact) mass is 380 g/mol. The molecule has 4 nitrogen and oxygen atoms in total. The van der Waals surface area contributed by atoms with E-state index in [-0.39, 0.29) is 5.75 Å². The van der Waals surface area contributed by atoms with E-state index in [2.05, 4.69) is 0 Å². The Balaban J connectivity index is 1.83. The molecule has 0 aromatic heterocycles. The van der Waals surface area contributed by atoms with E-state index in [1.54, 1.807) is 24.3 Å². The van der Waals surface area contributed by atoms with Crippen molar-refractivity contribution < 1.29 is 17.9 Å². The maximum absolute atomic E-state index is 12.7. The summed E-state index contributed by atoms with van der Waals surface area (Å²) in [5.74, 6) is -0.516. The summed E-state index contributed by atoms with van der Waals surface area (Å²) in [5, 5.41) is 0. The predicted octanol–water partition coefficient (Wildman–Crippen LogP) is 4.18. The van der Waals surface area contributed by atoms with Gasteiger partial charge in [0.1, 0.15) is 0 Å². The fourth-order valence-corrected chi connectivity index (χ4v) is 3.60. The molecule has 0 unspecified atom stereocenters. The maximum atomic E-state index is 12.7. The van der Waals surface area contributed by atoms with Gasteiger partial charge in [0.05, 0.1) is 11.3 Å². The van der Waals surface area contributed by atoms with Crippen molar-refractivity contribution in [1.29, 1.82) is 0 Å². The van der Waals surface area contributed by atoms with Gasteiger partial charge < -0.3 is 4.74 Å². The molecule has 0 radical (unpaired) electrons. The minimum Gasteiger partial charge on any atom is -0.449 e. The Hall–Kier alpha value is -2.92. The molecule has 138 valence electrons. The smallest absolute Gasteiger partial charge is 0.339 e. The highest BCUT2D eigenvalue weighted by Crippen LogP contribution is 2.27. The van der Waals surface area contributed by atoms with Crippen LogP contribution in [0.25, 0.3) is 0 Å². The van der Waals surface area contributed by atoms with Crippen LogP contribution < -0.4 is 0 Å². The molecule has 0 heterocycles. The second kappa shape index (κ2) is 8.18. The van der Waals surface area contributed by atoms with E-state index in [1.165, 1.54) is 6.26 Å². The van der Waals surface area contributed by atoms with Crippen LogP contribution >= 0.6 is 0 Å². The number of carbonyl (C=O) groups is 1. The first kappa shape index (κ1) is 18.9. The standard InChI is InChI=1S/C22H20O4S/c1-27(24,25)16-17-12-14-20(15-13-17)22(23)26-21(18-8-4-2-5-9-18)19-10-6-3-7-11-19/h2-15,21H,16H2,1H3. The van der Waals surface area contributed by atoms with E-state index in [0.29, 0.717) is 11.1 Å². The Morgan fingerprint density at radius 2 is 1.30 bits per heavy atom. The minimum absolute atomic E-state index is 0.0566. The van der Waals surface area contributed by atoms with Gasteiger partial charge in [-0.3, -0.25) is 0 Å². The second-order valence-electron chi connectivity index (χ2n) is 6.37. The van der Waals surface area contributed by atoms with Crippen LogP contribution in [0.2, 0.25) is 0 Å². The van der Waals surface area contributed by atoms with Gasteiger partial charge in [-0.2, -0.15) is 0 Å². The molecular weight excluding hydrogens is 360 g/mol. The highest BCUT2D eigenvalue weighted by Gasteiger charge is 2.20. The van der Waals surface area contributed by atoms with Crippen LogP contribution in [-0.4, -0.2) is 20.6 Å². The number of hydrogen-bond donors (Lipinski definition) is 0. The Morgan fingerprint density at radius 1 is 0.815 bits per heavy atom. The molecule has 0 aliphatic carbocycles.